The van der Waals surface area contributed by atoms with Gasteiger partial charge in [-0.1, -0.05) is 30.3 Å². The average molecular weight is 519 g/mol. The van der Waals surface area contributed by atoms with E-state index in [4.69, 9.17) is 0 Å². The summed E-state index contributed by atoms with van der Waals surface area (Å²) in [5.74, 6) is 1.70. The summed E-state index contributed by atoms with van der Waals surface area (Å²) >= 11 is 1.79. The number of carbonyl (C=O) groups excluding carboxylic acids is 1. The van der Waals surface area contributed by atoms with Gasteiger partial charge in [-0.05, 0) is 37.8 Å². The number of aliphatic imine (C=N–C) groups is 1. The van der Waals surface area contributed by atoms with Crippen LogP contribution < -0.4 is 10.6 Å². The lowest BCUT2D eigenvalue weighted by atomic mass is 10.1. The number of carbonyl (C=O) groups is 1. The van der Waals surface area contributed by atoms with Gasteiger partial charge >= 0.3 is 0 Å². The third kappa shape index (κ3) is 8.57. The number of nitrogens with one attached hydrogen (secondary N) is 2. The van der Waals surface area contributed by atoms with Crippen molar-refractivity contribution in [1.82, 2.24) is 20.4 Å². The fourth-order valence-electron chi connectivity index (χ4n) is 3.11. The van der Waals surface area contributed by atoms with Crippen molar-refractivity contribution >= 4 is 47.6 Å². The Kier molecular flexibility index (Phi) is 12.6. The molecule has 1 atom stereocenters. The minimum Gasteiger partial charge on any atom is -0.356 e. The zero-order valence-corrected chi connectivity index (χ0v) is 20.3. The Hall–Kier alpha value is -1.000. The largest absolute Gasteiger partial charge is 0.356 e. The molecule has 1 aliphatic heterocycles. The van der Waals surface area contributed by atoms with Crippen LogP contribution in [0.3, 0.4) is 0 Å². The summed E-state index contributed by atoms with van der Waals surface area (Å²) in [6.45, 7) is 4.01. The molecule has 1 aliphatic rings. The molecule has 2 rings (SSSR count). The van der Waals surface area contributed by atoms with E-state index >= 15 is 0 Å². The van der Waals surface area contributed by atoms with Gasteiger partial charge in [0, 0.05) is 32.9 Å². The monoisotopic (exact) mass is 519 g/mol. The lowest BCUT2D eigenvalue weighted by Gasteiger charge is -2.29. The lowest BCUT2D eigenvalue weighted by Crippen LogP contribution is -2.44. The predicted molar refractivity (Wildman–Crippen MR) is 131 cm³/mol. The Labute approximate surface area is 190 Å². The third-order valence-corrected chi connectivity index (χ3v) is 5.31. The Morgan fingerprint density at radius 1 is 1.21 bits per heavy atom. The minimum absolute atomic E-state index is 0. The molecule has 0 aliphatic carbocycles. The molecule has 1 amide bonds. The molecule has 158 valence electrons. The van der Waals surface area contributed by atoms with Gasteiger partial charge in [0.15, 0.2) is 5.96 Å². The number of guanidine groups is 1. The highest BCUT2D eigenvalue weighted by molar-refractivity contribution is 14.0. The summed E-state index contributed by atoms with van der Waals surface area (Å²) in [6.07, 6.45) is 4.60. The summed E-state index contributed by atoms with van der Waals surface area (Å²) in [5, 5.41) is 6.81. The van der Waals surface area contributed by atoms with Gasteiger partial charge in [-0.2, -0.15) is 11.8 Å². The first-order chi connectivity index (χ1) is 13.1. The van der Waals surface area contributed by atoms with Crippen LogP contribution in [-0.2, 0) is 4.79 Å². The molecule has 0 spiro atoms. The number of amides is 1. The number of halogens is 1. The number of benzene rings is 1. The number of thioether (sulfide) groups is 1. The van der Waals surface area contributed by atoms with E-state index in [0.29, 0.717) is 12.0 Å². The zero-order chi connectivity index (χ0) is 19.5. The summed E-state index contributed by atoms with van der Waals surface area (Å²) in [4.78, 5) is 20.5. The van der Waals surface area contributed by atoms with Gasteiger partial charge in [0.25, 0.3) is 0 Å². The molecule has 8 heteroatoms. The molecule has 0 radical (unpaired) electrons. The van der Waals surface area contributed by atoms with Crippen molar-refractivity contribution in [3.05, 3.63) is 35.9 Å². The molecule has 1 aromatic carbocycles. The van der Waals surface area contributed by atoms with Gasteiger partial charge in [0.2, 0.25) is 5.91 Å². The molecule has 28 heavy (non-hydrogen) atoms. The van der Waals surface area contributed by atoms with Crippen molar-refractivity contribution in [2.45, 2.75) is 18.9 Å². The normalized spacial score (nSPS) is 15.6. The maximum atomic E-state index is 11.9. The molecule has 0 bridgehead atoms. The molecule has 1 fully saturated rings. The fourth-order valence-corrected chi connectivity index (χ4v) is 3.42. The van der Waals surface area contributed by atoms with E-state index < -0.39 is 0 Å². The first kappa shape index (κ1) is 25.0. The quantitative estimate of drug-likeness (QED) is 0.227. The number of hydrogen-bond donors (Lipinski definition) is 2. The van der Waals surface area contributed by atoms with Crippen molar-refractivity contribution in [3.8, 4) is 0 Å². The van der Waals surface area contributed by atoms with Crippen LogP contribution in [0.4, 0.5) is 0 Å². The van der Waals surface area contributed by atoms with Gasteiger partial charge < -0.3 is 15.5 Å². The topological polar surface area (TPSA) is 60.0 Å². The average Bonchev–Trinajstić information content (AvgIpc) is 3.20. The van der Waals surface area contributed by atoms with Crippen LogP contribution in [0.2, 0.25) is 0 Å². The maximum absolute atomic E-state index is 11.9. The van der Waals surface area contributed by atoms with Crippen LogP contribution >= 0.6 is 35.7 Å². The first-order valence-electron chi connectivity index (χ1n) is 9.62. The molecule has 1 heterocycles. The number of hydrogen-bond acceptors (Lipinski definition) is 4. The van der Waals surface area contributed by atoms with E-state index in [-0.39, 0.29) is 36.4 Å². The second-order valence-corrected chi connectivity index (χ2v) is 7.91. The van der Waals surface area contributed by atoms with E-state index in [1.165, 1.54) is 18.4 Å². The number of likely N-dealkylation sites (N-methyl/N-ethyl adjacent to an activating group) is 1. The van der Waals surface area contributed by atoms with E-state index in [1.807, 2.05) is 0 Å². The lowest BCUT2D eigenvalue weighted by molar-refractivity contribution is -0.127. The van der Waals surface area contributed by atoms with Crippen molar-refractivity contribution in [2.24, 2.45) is 4.99 Å². The van der Waals surface area contributed by atoms with Crippen LogP contribution in [-0.4, -0.2) is 80.5 Å². The van der Waals surface area contributed by atoms with Gasteiger partial charge in [-0.25, -0.2) is 4.99 Å². The van der Waals surface area contributed by atoms with Crippen molar-refractivity contribution in [2.75, 3.05) is 58.8 Å². The first-order valence-corrected chi connectivity index (χ1v) is 11.0. The van der Waals surface area contributed by atoms with Gasteiger partial charge in [-0.3, -0.25) is 9.69 Å². The van der Waals surface area contributed by atoms with E-state index in [9.17, 15) is 4.79 Å². The summed E-state index contributed by atoms with van der Waals surface area (Å²) in [7, 11) is 3.51. The van der Waals surface area contributed by atoms with Gasteiger partial charge in [0.05, 0.1) is 6.04 Å². The van der Waals surface area contributed by atoms with Gasteiger partial charge in [-0.15, -0.1) is 24.0 Å². The summed E-state index contributed by atoms with van der Waals surface area (Å²) < 4.78 is 0. The van der Waals surface area contributed by atoms with Gasteiger partial charge in [0.1, 0.15) is 6.54 Å². The Bertz CT molecular complexity index is 594. The second-order valence-electron chi connectivity index (χ2n) is 6.92. The molecule has 2 N–H and O–H groups in total. The highest BCUT2D eigenvalue weighted by Gasteiger charge is 2.23. The summed E-state index contributed by atoms with van der Waals surface area (Å²) in [5.41, 5.74) is 1.32. The molecule has 1 unspecified atom stereocenters. The molecule has 6 nitrogen and oxygen atoms in total. The molecule has 1 saturated heterocycles. The minimum atomic E-state index is 0. The number of rotatable bonds is 9. The highest BCUT2D eigenvalue weighted by atomic mass is 127. The number of likely N-dealkylation sites (tertiary alicyclic amines) is 1. The smallest absolute Gasteiger partial charge is 0.243 e. The van der Waals surface area contributed by atoms with Crippen molar-refractivity contribution in [1.29, 1.82) is 0 Å². The molecular formula is C20H34IN5OS. The van der Waals surface area contributed by atoms with Crippen LogP contribution in [0.5, 0.6) is 0 Å². The maximum Gasteiger partial charge on any atom is 0.243 e. The molecule has 0 aromatic heterocycles. The highest BCUT2D eigenvalue weighted by Crippen LogP contribution is 2.24. The standard InChI is InChI=1S/C20H33N5OS.HI/c1-24(2)19(26)16-23-20(21-11-14-27-3)22-15-18(25-12-7-8-13-25)17-9-5-4-6-10-17;/h4-6,9-10,18H,7-8,11-16H2,1-3H3,(H2,21,22,23);1H. The molecule has 1 aromatic rings. The van der Waals surface area contributed by atoms with E-state index in [0.717, 1.165) is 31.9 Å². The summed E-state index contributed by atoms with van der Waals surface area (Å²) in [6, 6.07) is 10.9. The number of nitrogens with zero attached hydrogens (tertiary/aromatic N) is 3. The van der Waals surface area contributed by atoms with Crippen LogP contribution in [0, 0.1) is 0 Å². The second kappa shape index (κ2) is 14.1. The SMILES string of the molecule is CSCCNC(=NCC(=O)N(C)C)NCC(c1ccccc1)N1CCCC1.I. The Morgan fingerprint density at radius 3 is 2.50 bits per heavy atom. The zero-order valence-electron chi connectivity index (χ0n) is 17.2. The van der Waals surface area contributed by atoms with Crippen LogP contribution in [0.15, 0.2) is 35.3 Å². The fraction of sp³-hybridized carbons (Fsp3) is 0.600. The van der Waals surface area contributed by atoms with E-state index in [1.54, 1.807) is 30.8 Å². The van der Waals surface area contributed by atoms with Crippen molar-refractivity contribution < 1.29 is 4.79 Å². The Balaban J connectivity index is 0.00000392. The predicted octanol–water partition coefficient (Wildman–Crippen LogP) is 2.43. The van der Waals surface area contributed by atoms with E-state index in [2.05, 4.69) is 57.1 Å². The van der Waals surface area contributed by atoms with Crippen LogP contribution in [0.25, 0.3) is 0 Å². The molecule has 0 saturated carbocycles. The van der Waals surface area contributed by atoms with Crippen LogP contribution in [0.1, 0.15) is 24.4 Å². The third-order valence-electron chi connectivity index (χ3n) is 4.70. The van der Waals surface area contributed by atoms with Crippen molar-refractivity contribution in [3.63, 3.8) is 0 Å². The Morgan fingerprint density at radius 2 is 1.89 bits per heavy atom. The molecular weight excluding hydrogens is 485 g/mol.